The molecule has 1 aromatic heterocycles. The minimum absolute atomic E-state index is 0.185. The van der Waals surface area contributed by atoms with Crippen molar-refractivity contribution in [3.63, 3.8) is 0 Å². The van der Waals surface area contributed by atoms with Crippen LogP contribution in [0.4, 0.5) is 5.69 Å². The van der Waals surface area contributed by atoms with Gasteiger partial charge in [0.15, 0.2) is 5.16 Å². The highest BCUT2D eigenvalue weighted by Crippen LogP contribution is 2.28. The van der Waals surface area contributed by atoms with Crippen LogP contribution in [0.2, 0.25) is 5.02 Å². The molecule has 0 aliphatic carbocycles. The highest BCUT2D eigenvalue weighted by atomic mass is 35.5. The molecule has 0 aliphatic heterocycles. The molecule has 0 bridgehead atoms. The molecule has 0 saturated carbocycles. The van der Waals surface area contributed by atoms with Crippen LogP contribution in [-0.2, 0) is 18.3 Å². The maximum Gasteiger partial charge on any atom is 0.234 e. The van der Waals surface area contributed by atoms with E-state index in [2.05, 4.69) is 15.5 Å². The molecule has 3 aromatic rings. The third-order valence-electron chi connectivity index (χ3n) is 4.21. The summed E-state index contributed by atoms with van der Waals surface area (Å²) in [6.07, 6.45) is 0.639. The number of thioether (sulfide) groups is 1. The molecule has 0 saturated heterocycles. The Bertz CT molecular complexity index is 992. The Kier molecular flexibility index (Phi) is 7.00. The molecular formula is C20H21ClN4O3S. The largest absolute Gasteiger partial charge is 0.497 e. The van der Waals surface area contributed by atoms with E-state index in [1.807, 2.05) is 35.9 Å². The second kappa shape index (κ2) is 9.67. The molecule has 2 aromatic carbocycles. The number of halogens is 1. The number of carbonyl (C=O) groups is 1. The summed E-state index contributed by atoms with van der Waals surface area (Å²) in [5, 5.41) is 12.4. The number of carbonyl (C=O) groups excluding carboxylic acids is 1. The molecule has 0 unspecified atom stereocenters. The number of hydrogen-bond donors (Lipinski definition) is 1. The Morgan fingerprint density at radius 1 is 1.14 bits per heavy atom. The van der Waals surface area contributed by atoms with Crippen LogP contribution in [0.25, 0.3) is 0 Å². The summed E-state index contributed by atoms with van der Waals surface area (Å²) in [6.45, 7) is 0. The first-order chi connectivity index (χ1) is 14.0. The summed E-state index contributed by atoms with van der Waals surface area (Å²) in [4.78, 5) is 12.3. The Morgan fingerprint density at radius 2 is 1.90 bits per heavy atom. The van der Waals surface area contributed by atoms with Crippen LogP contribution in [-0.4, -0.2) is 40.6 Å². The van der Waals surface area contributed by atoms with Gasteiger partial charge in [-0.3, -0.25) is 4.79 Å². The maximum absolute atomic E-state index is 12.3. The van der Waals surface area contributed by atoms with Crippen molar-refractivity contribution in [2.24, 2.45) is 7.05 Å². The maximum atomic E-state index is 12.3. The molecule has 1 N–H and O–H groups in total. The molecule has 0 spiro atoms. The topological polar surface area (TPSA) is 78.3 Å². The van der Waals surface area contributed by atoms with E-state index in [1.54, 1.807) is 25.3 Å². The number of ether oxygens (including phenoxy) is 2. The van der Waals surface area contributed by atoms with Gasteiger partial charge in [-0.05, 0) is 35.9 Å². The fraction of sp³-hybridized carbons (Fsp3) is 0.250. The zero-order chi connectivity index (χ0) is 20.8. The van der Waals surface area contributed by atoms with Crippen LogP contribution in [0.1, 0.15) is 11.4 Å². The van der Waals surface area contributed by atoms with Gasteiger partial charge in [0, 0.05) is 18.5 Å². The van der Waals surface area contributed by atoms with Gasteiger partial charge in [0.25, 0.3) is 0 Å². The number of amides is 1. The number of nitrogens with zero attached hydrogens (tertiary/aromatic N) is 3. The molecule has 0 radical (unpaired) electrons. The van der Waals surface area contributed by atoms with Crippen molar-refractivity contribution in [2.75, 3.05) is 25.3 Å². The summed E-state index contributed by atoms with van der Waals surface area (Å²) in [5.74, 6) is 2.17. The standard InChI is InChI=1S/C20H21ClN4O3S/c1-25-18(10-13-4-7-15(27-2)8-5-13)23-24-20(25)29-12-19(26)22-16-11-14(21)6-9-17(16)28-3/h4-9,11H,10,12H2,1-3H3,(H,22,26). The monoisotopic (exact) mass is 432 g/mol. The molecular weight excluding hydrogens is 412 g/mol. The van der Waals surface area contributed by atoms with Crippen LogP contribution >= 0.6 is 23.4 Å². The minimum atomic E-state index is -0.185. The Hall–Kier alpha value is -2.71. The van der Waals surface area contributed by atoms with Gasteiger partial charge in [-0.1, -0.05) is 35.5 Å². The summed E-state index contributed by atoms with van der Waals surface area (Å²) in [7, 11) is 5.07. The van der Waals surface area contributed by atoms with Crippen molar-refractivity contribution in [2.45, 2.75) is 11.6 Å². The van der Waals surface area contributed by atoms with E-state index in [0.717, 1.165) is 17.1 Å². The van der Waals surface area contributed by atoms with Gasteiger partial charge in [-0.15, -0.1) is 10.2 Å². The number of anilines is 1. The van der Waals surface area contributed by atoms with Gasteiger partial charge in [0.1, 0.15) is 17.3 Å². The second-order valence-corrected chi connectivity index (χ2v) is 7.54. The Labute approximate surface area is 178 Å². The summed E-state index contributed by atoms with van der Waals surface area (Å²) in [6, 6.07) is 12.9. The van der Waals surface area contributed by atoms with Gasteiger partial charge in [-0.25, -0.2) is 0 Å². The first-order valence-corrected chi connectivity index (χ1v) is 10.1. The SMILES string of the molecule is COc1ccc(Cc2nnc(SCC(=O)Nc3cc(Cl)ccc3OC)n2C)cc1. The van der Waals surface area contributed by atoms with Crippen LogP contribution in [0, 0.1) is 0 Å². The third-order valence-corrected chi connectivity index (χ3v) is 5.47. The van der Waals surface area contributed by atoms with Gasteiger partial charge in [0.05, 0.1) is 25.7 Å². The molecule has 1 heterocycles. The van der Waals surface area contributed by atoms with E-state index in [4.69, 9.17) is 21.1 Å². The van der Waals surface area contributed by atoms with Crippen LogP contribution < -0.4 is 14.8 Å². The summed E-state index contributed by atoms with van der Waals surface area (Å²) >= 11 is 7.31. The van der Waals surface area contributed by atoms with Crippen molar-refractivity contribution in [1.82, 2.24) is 14.8 Å². The minimum Gasteiger partial charge on any atom is -0.497 e. The van der Waals surface area contributed by atoms with Crippen molar-refractivity contribution < 1.29 is 14.3 Å². The van der Waals surface area contributed by atoms with Gasteiger partial charge in [-0.2, -0.15) is 0 Å². The first-order valence-electron chi connectivity index (χ1n) is 8.77. The van der Waals surface area contributed by atoms with Crippen LogP contribution in [0.15, 0.2) is 47.6 Å². The van der Waals surface area contributed by atoms with Crippen molar-refractivity contribution >= 4 is 35.0 Å². The van der Waals surface area contributed by atoms with Crippen molar-refractivity contribution in [3.05, 3.63) is 58.9 Å². The predicted octanol–water partition coefficient (Wildman–Crippen LogP) is 3.81. The average molecular weight is 433 g/mol. The highest BCUT2D eigenvalue weighted by molar-refractivity contribution is 7.99. The number of nitrogens with one attached hydrogen (secondary N) is 1. The molecule has 29 heavy (non-hydrogen) atoms. The van der Waals surface area contributed by atoms with E-state index in [9.17, 15) is 4.79 Å². The lowest BCUT2D eigenvalue weighted by molar-refractivity contribution is -0.113. The van der Waals surface area contributed by atoms with Crippen LogP contribution in [0.5, 0.6) is 11.5 Å². The number of rotatable bonds is 8. The molecule has 0 fully saturated rings. The quantitative estimate of drug-likeness (QED) is 0.545. The molecule has 152 valence electrons. The van der Waals surface area contributed by atoms with Gasteiger partial charge in [0.2, 0.25) is 5.91 Å². The average Bonchev–Trinajstić information content (AvgIpc) is 3.06. The second-order valence-electron chi connectivity index (χ2n) is 6.16. The number of hydrogen-bond acceptors (Lipinski definition) is 6. The Morgan fingerprint density at radius 3 is 2.59 bits per heavy atom. The van der Waals surface area contributed by atoms with Crippen LogP contribution in [0.3, 0.4) is 0 Å². The lowest BCUT2D eigenvalue weighted by Crippen LogP contribution is -2.15. The normalized spacial score (nSPS) is 10.6. The molecule has 9 heteroatoms. The van der Waals surface area contributed by atoms with E-state index < -0.39 is 0 Å². The smallest absolute Gasteiger partial charge is 0.234 e. The molecule has 0 atom stereocenters. The zero-order valence-electron chi connectivity index (χ0n) is 16.3. The predicted molar refractivity (Wildman–Crippen MR) is 114 cm³/mol. The van der Waals surface area contributed by atoms with Crippen molar-refractivity contribution in [3.8, 4) is 11.5 Å². The summed E-state index contributed by atoms with van der Waals surface area (Å²) in [5.41, 5.74) is 1.63. The van der Waals surface area contributed by atoms with E-state index in [1.165, 1.54) is 18.9 Å². The fourth-order valence-electron chi connectivity index (χ4n) is 2.64. The van der Waals surface area contributed by atoms with E-state index >= 15 is 0 Å². The van der Waals surface area contributed by atoms with E-state index in [0.29, 0.717) is 28.0 Å². The summed E-state index contributed by atoms with van der Waals surface area (Å²) < 4.78 is 12.3. The fourth-order valence-corrected chi connectivity index (χ4v) is 3.55. The Balaban J connectivity index is 1.60. The van der Waals surface area contributed by atoms with Crippen molar-refractivity contribution in [1.29, 1.82) is 0 Å². The van der Waals surface area contributed by atoms with Gasteiger partial charge >= 0.3 is 0 Å². The first kappa shape index (κ1) is 21.0. The molecule has 7 nitrogen and oxygen atoms in total. The number of aromatic nitrogens is 3. The zero-order valence-corrected chi connectivity index (χ0v) is 17.9. The number of benzene rings is 2. The number of methoxy groups -OCH3 is 2. The third kappa shape index (κ3) is 5.42. The lowest BCUT2D eigenvalue weighted by atomic mass is 10.1. The van der Waals surface area contributed by atoms with E-state index in [-0.39, 0.29) is 11.7 Å². The molecule has 3 rings (SSSR count). The van der Waals surface area contributed by atoms with Gasteiger partial charge < -0.3 is 19.4 Å². The highest BCUT2D eigenvalue weighted by Gasteiger charge is 2.13. The lowest BCUT2D eigenvalue weighted by Gasteiger charge is -2.10. The molecule has 0 aliphatic rings. The molecule has 1 amide bonds.